The number of para-hydroxylation sites is 1. The Balaban J connectivity index is 2.01. The van der Waals surface area contributed by atoms with Crippen LogP contribution in [0.15, 0.2) is 48.5 Å². The van der Waals surface area contributed by atoms with Crippen molar-refractivity contribution in [3.8, 4) is 17.6 Å². The lowest BCUT2D eigenvalue weighted by Gasteiger charge is -2.15. The van der Waals surface area contributed by atoms with Crippen LogP contribution in [0.2, 0.25) is 0 Å². The van der Waals surface area contributed by atoms with Gasteiger partial charge < -0.3 is 14.8 Å². The highest BCUT2D eigenvalue weighted by molar-refractivity contribution is 5.95. The van der Waals surface area contributed by atoms with Crippen LogP contribution in [0.25, 0.3) is 0 Å². The van der Waals surface area contributed by atoms with Gasteiger partial charge in [-0.05, 0) is 43.3 Å². The fourth-order valence-corrected chi connectivity index (χ4v) is 1.84. The number of anilines is 1. The Morgan fingerprint density at radius 1 is 1.14 bits per heavy atom. The van der Waals surface area contributed by atoms with Gasteiger partial charge in [0.1, 0.15) is 17.6 Å². The van der Waals surface area contributed by atoms with Gasteiger partial charge in [-0.2, -0.15) is 5.26 Å². The predicted octanol–water partition coefficient (Wildman–Crippen LogP) is 2.97. The molecule has 112 valence electrons. The Morgan fingerprint density at radius 3 is 2.41 bits per heavy atom. The summed E-state index contributed by atoms with van der Waals surface area (Å²) in [6.45, 7) is 1.65. The van der Waals surface area contributed by atoms with Crippen molar-refractivity contribution in [2.75, 3.05) is 12.4 Å². The fourth-order valence-electron chi connectivity index (χ4n) is 1.84. The van der Waals surface area contributed by atoms with Crippen molar-refractivity contribution >= 4 is 11.6 Å². The maximum absolute atomic E-state index is 12.1. The van der Waals surface area contributed by atoms with Gasteiger partial charge in [0, 0.05) is 0 Å². The summed E-state index contributed by atoms with van der Waals surface area (Å²) in [6, 6.07) is 15.8. The number of rotatable bonds is 5. The molecule has 1 amide bonds. The molecule has 0 spiro atoms. The first kappa shape index (κ1) is 15.4. The number of benzene rings is 2. The molecule has 1 N–H and O–H groups in total. The van der Waals surface area contributed by atoms with E-state index in [1.807, 2.05) is 6.07 Å². The number of hydrogen-bond acceptors (Lipinski definition) is 4. The van der Waals surface area contributed by atoms with Gasteiger partial charge in [0.15, 0.2) is 6.10 Å². The molecule has 0 radical (unpaired) electrons. The van der Waals surface area contributed by atoms with Crippen LogP contribution in [0.5, 0.6) is 11.5 Å². The van der Waals surface area contributed by atoms with E-state index in [9.17, 15) is 4.79 Å². The third-order valence-corrected chi connectivity index (χ3v) is 3.05. The number of methoxy groups -OCH3 is 1. The predicted molar refractivity (Wildman–Crippen MR) is 82.9 cm³/mol. The molecule has 1 unspecified atom stereocenters. The molecule has 0 bridgehead atoms. The molecule has 2 aromatic carbocycles. The van der Waals surface area contributed by atoms with Crippen molar-refractivity contribution in [3.05, 3.63) is 54.1 Å². The average molecular weight is 296 g/mol. The second kappa shape index (κ2) is 7.14. The third kappa shape index (κ3) is 3.76. The normalized spacial score (nSPS) is 11.1. The van der Waals surface area contributed by atoms with Crippen molar-refractivity contribution in [2.24, 2.45) is 0 Å². The Kier molecular flexibility index (Phi) is 4.99. The minimum atomic E-state index is -0.694. The molecular weight excluding hydrogens is 280 g/mol. The SMILES string of the molecule is COc1ccc(OC(C)C(=O)Nc2ccccc2C#N)cc1. The van der Waals surface area contributed by atoms with Gasteiger partial charge >= 0.3 is 0 Å². The minimum Gasteiger partial charge on any atom is -0.497 e. The lowest BCUT2D eigenvalue weighted by atomic mass is 10.2. The van der Waals surface area contributed by atoms with E-state index >= 15 is 0 Å². The summed E-state index contributed by atoms with van der Waals surface area (Å²) in [5.74, 6) is 0.961. The van der Waals surface area contributed by atoms with Crippen LogP contribution < -0.4 is 14.8 Å². The summed E-state index contributed by atoms with van der Waals surface area (Å²) in [4.78, 5) is 12.1. The number of carbonyl (C=O) groups is 1. The Hall–Kier alpha value is -3.00. The highest BCUT2D eigenvalue weighted by Gasteiger charge is 2.16. The second-order valence-corrected chi connectivity index (χ2v) is 4.58. The van der Waals surface area contributed by atoms with Gasteiger partial charge in [0.05, 0.1) is 18.4 Å². The molecule has 1 atom stereocenters. The monoisotopic (exact) mass is 296 g/mol. The van der Waals surface area contributed by atoms with Crippen LogP contribution in [0.1, 0.15) is 12.5 Å². The number of nitriles is 1. The number of amides is 1. The zero-order valence-corrected chi connectivity index (χ0v) is 12.4. The van der Waals surface area contributed by atoms with Crippen molar-refractivity contribution in [1.29, 1.82) is 5.26 Å². The standard InChI is InChI=1S/C17H16N2O3/c1-12(22-15-9-7-14(21-2)8-10-15)17(20)19-16-6-4-3-5-13(16)11-18/h3-10,12H,1-2H3,(H,19,20). The molecule has 5 heteroatoms. The van der Waals surface area contributed by atoms with E-state index in [0.29, 0.717) is 22.7 Å². The van der Waals surface area contributed by atoms with Crippen molar-refractivity contribution < 1.29 is 14.3 Å². The van der Waals surface area contributed by atoms with Crippen LogP contribution in [0.4, 0.5) is 5.69 Å². The number of ether oxygens (including phenoxy) is 2. The van der Waals surface area contributed by atoms with Crippen LogP contribution >= 0.6 is 0 Å². The molecule has 2 rings (SSSR count). The number of hydrogen-bond donors (Lipinski definition) is 1. The van der Waals surface area contributed by atoms with Gasteiger partial charge in [0.2, 0.25) is 0 Å². The van der Waals surface area contributed by atoms with E-state index < -0.39 is 6.10 Å². The third-order valence-electron chi connectivity index (χ3n) is 3.05. The molecule has 0 aliphatic carbocycles. The molecule has 0 heterocycles. The second-order valence-electron chi connectivity index (χ2n) is 4.58. The van der Waals surface area contributed by atoms with Gasteiger partial charge in [0.25, 0.3) is 5.91 Å². The number of nitrogens with one attached hydrogen (secondary N) is 1. The average Bonchev–Trinajstić information content (AvgIpc) is 2.56. The Morgan fingerprint density at radius 2 is 1.77 bits per heavy atom. The fraction of sp³-hybridized carbons (Fsp3) is 0.176. The van der Waals surface area contributed by atoms with E-state index in [1.165, 1.54) is 0 Å². The molecule has 5 nitrogen and oxygen atoms in total. The van der Waals surface area contributed by atoms with Crippen LogP contribution in [-0.4, -0.2) is 19.1 Å². The minimum absolute atomic E-state index is 0.321. The maximum Gasteiger partial charge on any atom is 0.265 e. The van der Waals surface area contributed by atoms with Gasteiger partial charge in [-0.25, -0.2) is 0 Å². The first-order chi connectivity index (χ1) is 10.6. The molecule has 22 heavy (non-hydrogen) atoms. The smallest absolute Gasteiger partial charge is 0.265 e. The van der Waals surface area contributed by atoms with Gasteiger partial charge in [-0.3, -0.25) is 4.79 Å². The van der Waals surface area contributed by atoms with Gasteiger partial charge in [-0.15, -0.1) is 0 Å². The molecule has 0 aliphatic heterocycles. The molecule has 0 aliphatic rings. The first-order valence-electron chi connectivity index (χ1n) is 6.74. The van der Waals surface area contributed by atoms with Gasteiger partial charge in [-0.1, -0.05) is 12.1 Å². The van der Waals surface area contributed by atoms with E-state index in [0.717, 1.165) is 0 Å². The highest BCUT2D eigenvalue weighted by Crippen LogP contribution is 2.19. The van der Waals surface area contributed by atoms with E-state index in [2.05, 4.69) is 5.32 Å². The lowest BCUT2D eigenvalue weighted by molar-refractivity contribution is -0.122. The molecule has 0 fully saturated rings. The van der Waals surface area contributed by atoms with Crippen LogP contribution in [0, 0.1) is 11.3 Å². The molecule has 0 aromatic heterocycles. The number of carbonyl (C=O) groups excluding carboxylic acids is 1. The summed E-state index contributed by atoms with van der Waals surface area (Å²) >= 11 is 0. The van der Waals surface area contributed by atoms with E-state index in [4.69, 9.17) is 14.7 Å². The number of nitrogens with zero attached hydrogens (tertiary/aromatic N) is 1. The Bertz CT molecular complexity index is 690. The molecule has 0 saturated carbocycles. The summed E-state index contributed by atoms with van der Waals surface area (Å²) in [5, 5.41) is 11.7. The topological polar surface area (TPSA) is 71.3 Å². The summed E-state index contributed by atoms with van der Waals surface area (Å²) in [6.07, 6.45) is -0.694. The zero-order valence-electron chi connectivity index (χ0n) is 12.4. The van der Waals surface area contributed by atoms with E-state index in [-0.39, 0.29) is 5.91 Å². The summed E-state index contributed by atoms with van der Waals surface area (Å²) in [7, 11) is 1.58. The molecule has 2 aromatic rings. The summed E-state index contributed by atoms with van der Waals surface area (Å²) in [5.41, 5.74) is 0.882. The van der Waals surface area contributed by atoms with E-state index in [1.54, 1.807) is 62.6 Å². The highest BCUT2D eigenvalue weighted by atomic mass is 16.5. The van der Waals surface area contributed by atoms with Crippen LogP contribution in [-0.2, 0) is 4.79 Å². The quantitative estimate of drug-likeness (QED) is 0.920. The first-order valence-corrected chi connectivity index (χ1v) is 6.74. The van der Waals surface area contributed by atoms with Crippen molar-refractivity contribution in [3.63, 3.8) is 0 Å². The largest absolute Gasteiger partial charge is 0.497 e. The van der Waals surface area contributed by atoms with Crippen molar-refractivity contribution in [1.82, 2.24) is 0 Å². The Labute approximate surface area is 129 Å². The zero-order chi connectivity index (χ0) is 15.9. The molecular formula is C17H16N2O3. The summed E-state index contributed by atoms with van der Waals surface area (Å²) < 4.78 is 10.6. The van der Waals surface area contributed by atoms with Crippen LogP contribution in [0.3, 0.4) is 0 Å². The molecule has 0 saturated heterocycles. The lowest BCUT2D eigenvalue weighted by Crippen LogP contribution is -2.30. The maximum atomic E-state index is 12.1. The van der Waals surface area contributed by atoms with Crippen molar-refractivity contribution in [2.45, 2.75) is 13.0 Å².